The third-order valence-corrected chi connectivity index (χ3v) is 3.37. The summed E-state index contributed by atoms with van der Waals surface area (Å²) in [6, 6.07) is 3.52. The number of likely N-dealkylation sites (N-methyl/N-ethyl adjacent to an activating group) is 1. The molecule has 1 aliphatic rings. The quantitative estimate of drug-likeness (QED) is 0.727. The number of carboxylic acids is 2. The molecule has 0 bridgehead atoms. The third kappa shape index (κ3) is 7.31. The minimum absolute atomic E-state index is 0.00231. The van der Waals surface area contributed by atoms with Gasteiger partial charge in [-0.1, -0.05) is 0 Å². The molecule has 0 radical (unpaired) electrons. The standard InChI is InChI=1S/C13H19N3O2.C4H4O4/c1-15(2)8-6-10-9-16(3)13(17)11-5-4-7-14-12(11)18-10;5-3(6)1-2-4(7)8/h4-5,7,10H,6,8-9H2,1-3H3;1-2H,(H,5,6)(H,7,8). The molecule has 1 amide bonds. The molecular formula is C17H23N3O6. The van der Waals surface area contributed by atoms with Crippen molar-refractivity contribution in [2.45, 2.75) is 12.5 Å². The fourth-order valence-electron chi connectivity index (χ4n) is 2.13. The highest BCUT2D eigenvalue weighted by molar-refractivity contribution is 5.96. The molecule has 142 valence electrons. The Morgan fingerprint density at radius 2 is 1.96 bits per heavy atom. The lowest BCUT2D eigenvalue weighted by Crippen LogP contribution is -2.35. The van der Waals surface area contributed by atoms with Gasteiger partial charge < -0.3 is 24.7 Å². The molecule has 0 spiro atoms. The first-order valence-electron chi connectivity index (χ1n) is 7.86. The summed E-state index contributed by atoms with van der Waals surface area (Å²) in [7, 11) is 5.85. The Hall–Kier alpha value is -2.94. The Bertz CT molecular complexity index is 658. The van der Waals surface area contributed by atoms with E-state index in [0.717, 1.165) is 13.0 Å². The molecule has 9 heteroatoms. The predicted octanol–water partition coefficient (Wildman–Crippen LogP) is 0.578. The molecule has 1 aromatic heterocycles. The van der Waals surface area contributed by atoms with Gasteiger partial charge in [0.25, 0.3) is 5.91 Å². The van der Waals surface area contributed by atoms with E-state index in [1.54, 1.807) is 30.3 Å². The third-order valence-electron chi connectivity index (χ3n) is 3.37. The first kappa shape index (κ1) is 21.1. The van der Waals surface area contributed by atoms with E-state index in [1.165, 1.54) is 0 Å². The highest BCUT2D eigenvalue weighted by Crippen LogP contribution is 2.22. The maximum atomic E-state index is 12.1. The van der Waals surface area contributed by atoms with Crippen LogP contribution in [-0.2, 0) is 9.59 Å². The van der Waals surface area contributed by atoms with E-state index in [1.807, 2.05) is 14.1 Å². The number of hydrogen-bond acceptors (Lipinski definition) is 6. The molecule has 1 aromatic rings. The summed E-state index contributed by atoms with van der Waals surface area (Å²) >= 11 is 0. The number of carboxylic acid groups (broad SMARTS) is 2. The van der Waals surface area contributed by atoms with Gasteiger partial charge >= 0.3 is 11.9 Å². The molecule has 9 nitrogen and oxygen atoms in total. The fourth-order valence-corrected chi connectivity index (χ4v) is 2.13. The summed E-state index contributed by atoms with van der Waals surface area (Å²) in [6.07, 6.45) is 3.64. The Morgan fingerprint density at radius 3 is 2.50 bits per heavy atom. The van der Waals surface area contributed by atoms with Crippen LogP contribution in [0.1, 0.15) is 16.8 Å². The monoisotopic (exact) mass is 365 g/mol. The van der Waals surface area contributed by atoms with Gasteiger partial charge in [-0.2, -0.15) is 0 Å². The number of aromatic nitrogens is 1. The van der Waals surface area contributed by atoms with Gasteiger partial charge in [-0.25, -0.2) is 14.6 Å². The van der Waals surface area contributed by atoms with Crippen molar-refractivity contribution in [2.75, 3.05) is 34.2 Å². The average molecular weight is 365 g/mol. The zero-order valence-corrected chi connectivity index (χ0v) is 15.0. The van der Waals surface area contributed by atoms with E-state index in [-0.39, 0.29) is 12.0 Å². The van der Waals surface area contributed by atoms with Gasteiger partial charge in [0.15, 0.2) is 0 Å². The molecule has 0 aromatic carbocycles. The predicted molar refractivity (Wildman–Crippen MR) is 93.2 cm³/mol. The van der Waals surface area contributed by atoms with Crippen molar-refractivity contribution in [1.29, 1.82) is 0 Å². The minimum Gasteiger partial charge on any atom is -0.478 e. The molecule has 2 heterocycles. The van der Waals surface area contributed by atoms with E-state index < -0.39 is 11.9 Å². The maximum Gasteiger partial charge on any atom is 0.328 e. The van der Waals surface area contributed by atoms with E-state index in [4.69, 9.17) is 14.9 Å². The molecular weight excluding hydrogens is 342 g/mol. The number of carbonyl (C=O) groups excluding carboxylic acids is 1. The SMILES string of the molecule is CN(C)CCC1CN(C)C(=O)c2cccnc2O1.O=C(O)C=CC(=O)O. The largest absolute Gasteiger partial charge is 0.478 e. The first-order chi connectivity index (χ1) is 12.2. The van der Waals surface area contributed by atoms with Crippen LogP contribution in [0.15, 0.2) is 30.5 Å². The van der Waals surface area contributed by atoms with Crippen molar-refractivity contribution in [3.8, 4) is 5.88 Å². The molecule has 2 rings (SSSR count). The van der Waals surface area contributed by atoms with Gasteiger partial charge in [-0.05, 0) is 32.6 Å². The lowest BCUT2D eigenvalue weighted by Gasteiger charge is -2.21. The summed E-state index contributed by atoms with van der Waals surface area (Å²) in [5.41, 5.74) is 0.548. The van der Waals surface area contributed by atoms with Crippen molar-refractivity contribution in [2.24, 2.45) is 0 Å². The summed E-state index contributed by atoms with van der Waals surface area (Å²) in [5.74, 6) is -2.08. The zero-order valence-electron chi connectivity index (χ0n) is 15.0. The van der Waals surface area contributed by atoms with Crippen molar-refractivity contribution < 1.29 is 29.3 Å². The van der Waals surface area contributed by atoms with Crippen LogP contribution in [0.5, 0.6) is 5.88 Å². The van der Waals surface area contributed by atoms with Gasteiger partial charge in [0, 0.05) is 31.9 Å². The van der Waals surface area contributed by atoms with Crippen molar-refractivity contribution in [3.05, 3.63) is 36.0 Å². The molecule has 1 aliphatic heterocycles. The number of pyridine rings is 1. The van der Waals surface area contributed by atoms with Gasteiger partial charge in [-0.15, -0.1) is 0 Å². The minimum atomic E-state index is -1.26. The first-order valence-corrected chi connectivity index (χ1v) is 7.86. The molecule has 1 atom stereocenters. The molecule has 26 heavy (non-hydrogen) atoms. The molecule has 0 saturated heterocycles. The van der Waals surface area contributed by atoms with Crippen LogP contribution in [0.25, 0.3) is 0 Å². The highest BCUT2D eigenvalue weighted by atomic mass is 16.5. The molecule has 0 fully saturated rings. The van der Waals surface area contributed by atoms with E-state index in [0.29, 0.717) is 30.1 Å². The normalized spacial score (nSPS) is 16.4. The van der Waals surface area contributed by atoms with Gasteiger partial charge in [-0.3, -0.25) is 4.79 Å². The Labute approximate surface area is 151 Å². The highest BCUT2D eigenvalue weighted by Gasteiger charge is 2.27. The molecule has 0 saturated carbocycles. The Balaban J connectivity index is 0.000000359. The van der Waals surface area contributed by atoms with Crippen molar-refractivity contribution >= 4 is 17.8 Å². The number of carbonyl (C=O) groups is 3. The lowest BCUT2D eigenvalue weighted by atomic mass is 10.2. The number of aliphatic carboxylic acids is 2. The number of nitrogens with zero attached hydrogens (tertiary/aromatic N) is 3. The molecule has 2 N–H and O–H groups in total. The van der Waals surface area contributed by atoms with E-state index >= 15 is 0 Å². The van der Waals surface area contributed by atoms with Crippen LogP contribution in [0, 0.1) is 0 Å². The Kier molecular flexibility index (Phi) is 8.23. The van der Waals surface area contributed by atoms with Gasteiger partial charge in [0.05, 0.1) is 6.54 Å². The fraction of sp³-hybridized carbons (Fsp3) is 0.412. The molecule has 1 unspecified atom stereocenters. The van der Waals surface area contributed by atoms with Crippen molar-refractivity contribution in [3.63, 3.8) is 0 Å². The van der Waals surface area contributed by atoms with Crippen LogP contribution in [-0.4, -0.2) is 83.2 Å². The number of fused-ring (bicyclic) bond motifs is 1. The van der Waals surface area contributed by atoms with E-state index in [2.05, 4.69) is 9.88 Å². The zero-order chi connectivity index (χ0) is 19.7. The van der Waals surface area contributed by atoms with Crippen LogP contribution in [0.2, 0.25) is 0 Å². The second-order valence-corrected chi connectivity index (χ2v) is 5.88. The second kappa shape index (κ2) is 10.1. The van der Waals surface area contributed by atoms with Gasteiger partial charge in [0.2, 0.25) is 5.88 Å². The summed E-state index contributed by atoms with van der Waals surface area (Å²) in [5, 5.41) is 15.6. The van der Waals surface area contributed by atoms with Crippen LogP contribution in [0.3, 0.4) is 0 Å². The molecule has 0 aliphatic carbocycles. The topological polar surface area (TPSA) is 120 Å². The van der Waals surface area contributed by atoms with Crippen molar-refractivity contribution in [1.82, 2.24) is 14.8 Å². The van der Waals surface area contributed by atoms with E-state index in [9.17, 15) is 14.4 Å². The second-order valence-electron chi connectivity index (χ2n) is 5.88. The van der Waals surface area contributed by atoms with Gasteiger partial charge in [0.1, 0.15) is 11.7 Å². The smallest absolute Gasteiger partial charge is 0.328 e. The van der Waals surface area contributed by atoms with Crippen LogP contribution in [0.4, 0.5) is 0 Å². The Morgan fingerprint density at radius 1 is 1.35 bits per heavy atom. The van der Waals surface area contributed by atoms with Crippen LogP contribution < -0.4 is 4.74 Å². The summed E-state index contributed by atoms with van der Waals surface area (Å²) < 4.78 is 5.85. The number of rotatable bonds is 5. The summed E-state index contributed by atoms with van der Waals surface area (Å²) in [6.45, 7) is 1.53. The number of amides is 1. The maximum absolute atomic E-state index is 12.1. The number of hydrogen-bond donors (Lipinski definition) is 2. The van der Waals surface area contributed by atoms with Crippen LogP contribution >= 0.6 is 0 Å². The lowest BCUT2D eigenvalue weighted by molar-refractivity contribution is -0.134. The number of ether oxygens (including phenoxy) is 1. The average Bonchev–Trinajstić information content (AvgIpc) is 2.69. The summed E-state index contributed by atoms with van der Waals surface area (Å²) in [4.78, 5) is 39.2.